The van der Waals surface area contributed by atoms with Crippen LogP contribution in [0.3, 0.4) is 0 Å². The molecule has 1 heterocycles. The van der Waals surface area contributed by atoms with Gasteiger partial charge < -0.3 is 9.64 Å². The summed E-state index contributed by atoms with van der Waals surface area (Å²) >= 11 is 0. The molecule has 1 aliphatic rings. The lowest BCUT2D eigenvalue weighted by Crippen LogP contribution is -2.57. The van der Waals surface area contributed by atoms with Gasteiger partial charge in [0, 0.05) is 5.56 Å². The average Bonchev–Trinajstić information content (AvgIpc) is 2.49. The number of fused-ring (bicyclic) bond motifs is 1. The molecule has 0 aromatic heterocycles. The highest BCUT2D eigenvalue weighted by atomic mass is 16.5. The van der Waals surface area contributed by atoms with E-state index in [-0.39, 0.29) is 17.5 Å². The van der Waals surface area contributed by atoms with Crippen molar-refractivity contribution in [2.45, 2.75) is 45.7 Å². The Morgan fingerprint density at radius 1 is 1.45 bits per heavy atom. The molecule has 0 radical (unpaired) electrons. The molecule has 1 atom stereocenters. The third kappa shape index (κ3) is 2.57. The summed E-state index contributed by atoms with van der Waals surface area (Å²) in [6, 6.07) is 5.58. The van der Waals surface area contributed by atoms with Crippen molar-refractivity contribution in [1.82, 2.24) is 5.43 Å². The Morgan fingerprint density at radius 3 is 2.68 bits per heavy atom. The van der Waals surface area contributed by atoms with Crippen molar-refractivity contribution in [2.24, 2.45) is 5.84 Å². The molecule has 2 rings (SSSR count). The molecule has 5 nitrogen and oxygen atoms in total. The number of ether oxygens (including phenoxy) is 1. The minimum atomic E-state index is -0.362. The molecule has 5 heteroatoms. The van der Waals surface area contributed by atoms with Gasteiger partial charge in [-0.05, 0) is 38.8 Å². The second-order valence-corrected chi connectivity index (χ2v) is 6.14. The van der Waals surface area contributed by atoms with E-state index in [2.05, 4.69) is 43.2 Å². The summed E-state index contributed by atoms with van der Waals surface area (Å²) < 4.78 is 5.56. The minimum Gasteiger partial charge on any atom is -0.495 e. The molecule has 1 aromatic carbocycles. The maximum absolute atomic E-state index is 12.3. The van der Waals surface area contributed by atoms with E-state index in [1.54, 1.807) is 7.11 Å². The van der Waals surface area contributed by atoms with Crippen molar-refractivity contribution >= 4 is 17.2 Å². The van der Waals surface area contributed by atoms with Crippen molar-refractivity contribution in [1.29, 1.82) is 0 Å². The lowest BCUT2D eigenvalue weighted by Gasteiger charge is -2.47. The first-order valence-corrected chi connectivity index (χ1v) is 7.54. The average molecular weight is 303 g/mol. The smallest absolute Gasteiger partial charge is 0.256 e. The number of nitrogens with zero attached hydrogens (tertiary/aromatic N) is 1. The van der Waals surface area contributed by atoms with Crippen LogP contribution in [0.4, 0.5) is 5.69 Å². The zero-order valence-electron chi connectivity index (χ0n) is 13.9. The predicted molar refractivity (Wildman–Crippen MR) is 89.6 cm³/mol. The number of rotatable bonds is 4. The highest BCUT2D eigenvalue weighted by Crippen LogP contribution is 2.45. The van der Waals surface area contributed by atoms with Crippen LogP contribution >= 0.6 is 0 Å². The number of nitrogens with two attached hydrogens (primary N) is 1. The summed E-state index contributed by atoms with van der Waals surface area (Å²) in [6.07, 6.45) is 2.83. The van der Waals surface area contributed by atoms with Crippen LogP contribution in [0.2, 0.25) is 0 Å². The molecular formula is C17H25N3O2. The summed E-state index contributed by atoms with van der Waals surface area (Å²) in [6.45, 7) is 8.26. The van der Waals surface area contributed by atoms with Crippen LogP contribution in [-0.4, -0.2) is 24.6 Å². The molecule has 3 N–H and O–H groups in total. The van der Waals surface area contributed by atoms with Gasteiger partial charge in [-0.2, -0.15) is 0 Å². The molecular weight excluding hydrogens is 278 g/mol. The number of methoxy groups -OCH3 is 1. The van der Waals surface area contributed by atoms with Crippen LogP contribution in [0, 0.1) is 0 Å². The third-order valence-corrected chi connectivity index (χ3v) is 4.22. The molecule has 22 heavy (non-hydrogen) atoms. The Hall–Kier alpha value is -2.01. The minimum absolute atomic E-state index is 0.194. The fourth-order valence-corrected chi connectivity index (χ4v) is 3.36. The fraction of sp³-hybridized carbons (Fsp3) is 0.471. The highest BCUT2D eigenvalue weighted by Gasteiger charge is 2.39. The van der Waals surface area contributed by atoms with Gasteiger partial charge in [-0.15, -0.1) is 0 Å². The number of carbonyl (C=O) groups is 1. The van der Waals surface area contributed by atoms with Crippen LogP contribution < -0.4 is 20.9 Å². The van der Waals surface area contributed by atoms with Gasteiger partial charge in [0.25, 0.3) is 5.91 Å². The molecule has 1 aliphatic heterocycles. The number of para-hydroxylation sites is 1. The van der Waals surface area contributed by atoms with Gasteiger partial charge >= 0.3 is 0 Å². The maximum atomic E-state index is 12.3. The zero-order valence-corrected chi connectivity index (χ0v) is 13.9. The third-order valence-electron chi connectivity index (χ3n) is 4.22. The van der Waals surface area contributed by atoms with Crippen molar-refractivity contribution in [3.8, 4) is 5.75 Å². The lowest BCUT2D eigenvalue weighted by atomic mass is 9.86. The van der Waals surface area contributed by atoms with Gasteiger partial charge in [-0.1, -0.05) is 25.1 Å². The SMILES string of the molecule is CC[C@@H](C(=O)NN)N1c2c(OC)cccc2C(C)=CC1(C)C. The first-order chi connectivity index (χ1) is 10.4. The van der Waals surface area contributed by atoms with Crippen LogP contribution in [-0.2, 0) is 4.79 Å². The number of benzene rings is 1. The standard InChI is InChI=1S/C17H25N3O2/c1-6-13(16(21)19-18)20-15-12(8-7-9-14(15)22-5)11(2)10-17(20,3)4/h7-10,13H,6,18H2,1-5H3,(H,19,21)/t13-/m0/s1. The first kappa shape index (κ1) is 16.4. The topological polar surface area (TPSA) is 67.6 Å². The van der Waals surface area contributed by atoms with Crippen LogP contribution in [0.25, 0.3) is 5.57 Å². The summed E-state index contributed by atoms with van der Waals surface area (Å²) in [5, 5.41) is 0. The molecule has 0 unspecified atom stereocenters. The molecule has 0 aliphatic carbocycles. The van der Waals surface area contributed by atoms with Crippen LogP contribution in [0.15, 0.2) is 24.3 Å². The second kappa shape index (κ2) is 6.01. The largest absolute Gasteiger partial charge is 0.495 e. The summed E-state index contributed by atoms with van der Waals surface area (Å²) in [7, 11) is 1.65. The molecule has 0 fully saturated rings. The number of amides is 1. The number of hydrogen-bond acceptors (Lipinski definition) is 4. The van der Waals surface area contributed by atoms with E-state index in [1.165, 1.54) is 5.57 Å². The molecule has 0 spiro atoms. The van der Waals surface area contributed by atoms with E-state index in [0.717, 1.165) is 17.0 Å². The molecule has 1 aromatic rings. The van der Waals surface area contributed by atoms with Crippen molar-refractivity contribution in [3.05, 3.63) is 29.8 Å². The molecule has 0 saturated heterocycles. The lowest BCUT2D eigenvalue weighted by molar-refractivity contribution is -0.122. The van der Waals surface area contributed by atoms with Crippen molar-refractivity contribution in [2.75, 3.05) is 12.0 Å². The highest BCUT2D eigenvalue weighted by molar-refractivity contribution is 5.91. The predicted octanol–water partition coefficient (Wildman–Crippen LogP) is 2.47. The second-order valence-electron chi connectivity index (χ2n) is 6.14. The quantitative estimate of drug-likeness (QED) is 0.509. The summed E-state index contributed by atoms with van der Waals surface area (Å²) in [5.41, 5.74) is 5.18. The number of hydrazine groups is 1. The van der Waals surface area contributed by atoms with Gasteiger partial charge in [0.2, 0.25) is 0 Å². The normalized spacial score (nSPS) is 17.4. The summed E-state index contributed by atoms with van der Waals surface area (Å²) in [5.74, 6) is 5.96. The van der Waals surface area contributed by atoms with Gasteiger partial charge in [-0.25, -0.2) is 5.84 Å². The Labute approximate surface area is 132 Å². The van der Waals surface area contributed by atoms with E-state index < -0.39 is 0 Å². The Morgan fingerprint density at radius 2 is 2.14 bits per heavy atom. The molecule has 1 amide bonds. The van der Waals surface area contributed by atoms with Crippen molar-refractivity contribution in [3.63, 3.8) is 0 Å². The Balaban J connectivity index is 2.70. The maximum Gasteiger partial charge on any atom is 0.256 e. The fourth-order valence-electron chi connectivity index (χ4n) is 3.36. The number of hydrogen-bond donors (Lipinski definition) is 2. The van der Waals surface area contributed by atoms with E-state index >= 15 is 0 Å². The van der Waals surface area contributed by atoms with Gasteiger partial charge in [-0.3, -0.25) is 10.2 Å². The van der Waals surface area contributed by atoms with E-state index in [1.807, 2.05) is 19.1 Å². The molecule has 0 saturated carbocycles. The van der Waals surface area contributed by atoms with E-state index in [0.29, 0.717) is 6.42 Å². The van der Waals surface area contributed by atoms with Gasteiger partial charge in [0.1, 0.15) is 11.8 Å². The summed E-state index contributed by atoms with van der Waals surface area (Å²) in [4.78, 5) is 14.4. The zero-order chi connectivity index (χ0) is 16.5. The Bertz CT molecular complexity index is 608. The van der Waals surface area contributed by atoms with Gasteiger partial charge in [0.05, 0.1) is 18.3 Å². The number of allylic oxidation sites excluding steroid dienone is 1. The first-order valence-electron chi connectivity index (χ1n) is 7.54. The number of nitrogens with one attached hydrogen (secondary N) is 1. The van der Waals surface area contributed by atoms with Crippen molar-refractivity contribution < 1.29 is 9.53 Å². The van der Waals surface area contributed by atoms with E-state index in [4.69, 9.17) is 10.6 Å². The van der Waals surface area contributed by atoms with Crippen LogP contribution in [0.5, 0.6) is 5.75 Å². The van der Waals surface area contributed by atoms with Gasteiger partial charge in [0.15, 0.2) is 0 Å². The van der Waals surface area contributed by atoms with E-state index in [9.17, 15) is 4.79 Å². The number of anilines is 1. The van der Waals surface area contributed by atoms with Crippen LogP contribution in [0.1, 0.15) is 39.7 Å². The molecule has 0 bridgehead atoms. The monoisotopic (exact) mass is 303 g/mol. The molecule has 120 valence electrons. The number of carbonyl (C=O) groups excluding carboxylic acids is 1. The Kier molecular flexibility index (Phi) is 4.47.